The largest absolute Gasteiger partial charge is 0.325 e. The van der Waals surface area contributed by atoms with E-state index in [-0.39, 0.29) is 8.41 Å². The van der Waals surface area contributed by atoms with Gasteiger partial charge < -0.3 is 4.48 Å². The molecule has 59 valence electrons. The van der Waals surface area contributed by atoms with Gasteiger partial charge in [0.15, 0.2) is 0 Å². The first kappa shape index (κ1) is 12.7. The molecular weight excluding hydrogens is 121 g/mol. The van der Waals surface area contributed by atoms with Crippen molar-refractivity contribution < 1.29 is 4.48 Å². The molecule has 0 spiro atoms. The third-order valence-corrected chi connectivity index (χ3v) is 2.68. The van der Waals surface area contributed by atoms with Crippen LogP contribution in [0.2, 0.25) is 0 Å². The van der Waals surface area contributed by atoms with Gasteiger partial charge in [0.25, 0.3) is 0 Å². The van der Waals surface area contributed by atoms with Gasteiger partial charge in [-0.15, -0.1) is 0 Å². The smallest absolute Gasteiger partial charge is 0.0757 e. The monoisotopic (exact) mass is 141 g/mol. The lowest BCUT2D eigenvalue weighted by atomic mass is 10.3. The SMILES string of the molecule is CC[N+](CC)(CC)CC.[B]. The van der Waals surface area contributed by atoms with Gasteiger partial charge in [-0.3, -0.25) is 0 Å². The highest BCUT2D eigenvalue weighted by molar-refractivity contribution is 5.75. The molecule has 10 heavy (non-hydrogen) atoms. The Balaban J connectivity index is 0. The third kappa shape index (κ3) is 2.74. The van der Waals surface area contributed by atoms with Crippen molar-refractivity contribution in [3.05, 3.63) is 0 Å². The van der Waals surface area contributed by atoms with Crippen LogP contribution in [-0.2, 0) is 0 Å². The molecule has 0 saturated carbocycles. The van der Waals surface area contributed by atoms with Crippen molar-refractivity contribution in [3.8, 4) is 0 Å². The van der Waals surface area contributed by atoms with Gasteiger partial charge in [0.05, 0.1) is 26.2 Å². The van der Waals surface area contributed by atoms with E-state index in [1.807, 2.05) is 0 Å². The summed E-state index contributed by atoms with van der Waals surface area (Å²) < 4.78 is 1.28. The van der Waals surface area contributed by atoms with Gasteiger partial charge in [-0.2, -0.15) is 0 Å². The molecule has 0 saturated heterocycles. The first-order valence-electron chi connectivity index (χ1n) is 4.09. The number of rotatable bonds is 4. The van der Waals surface area contributed by atoms with Crippen LogP contribution in [-0.4, -0.2) is 39.1 Å². The first-order chi connectivity index (χ1) is 4.24. The van der Waals surface area contributed by atoms with Gasteiger partial charge in [-0.25, -0.2) is 0 Å². The van der Waals surface area contributed by atoms with Gasteiger partial charge >= 0.3 is 0 Å². The highest BCUT2D eigenvalue weighted by atomic mass is 15.3. The second-order valence-corrected chi connectivity index (χ2v) is 2.61. The summed E-state index contributed by atoms with van der Waals surface area (Å²) in [4.78, 5) is 0. The summed E-state index contributed by atoms with van der Waals surface area (Å²) in [6.45, 7) is 14.2. The highest BCUT2D eigenvalue weighted by Gasteiger charge is 2.16. The van der Waals surface area contributed by atoms with E-state index in [1.165, 1.54) is 30.7 Å². The Bertz CT molecular complexity index is 52.1. The molecule has 0 aromatic rings. The van der Waals surface area contributed by atoms with Crippen molar-refractivity contribution in [2.24, 2.45) is 0 Å². The minimum Gasteiger partial charge on any atom is -0.325 e. The molecule has 0 aromatic heterocycles. The molecule has 0 heterocycles. The molecule has 0 aliphatic rings. The summed E-state index contributed by atoms with van der Waals surface area (Å²) in [6, 6.07) is 0. The van der Waals surface area contributed by atoms with Crippen LogP contribution in [0.25, 0.3) is 0 Å². The average molecular weight is 141 g/mol. The fraction of sp³-hybridized carbons (Fsp3) is 1.00. The predicted octanol–water partition coefficient (Wildman–Crippen LogP) is 1.50. The normalized spacial score (nSPS) is 10.8. The van der Waals surface area contributed by atoms with E-state index < -0.39 is 0 Å². The molecule has 3 radical (unpaired) electrons. The molecule has 0 unspecified atom stereocenters. The first-order valence-corrected chi connectivity index (χ1v) is 4.09. The lowest BCUT2D eigenvalue weighted by Gasteiger charge is -2.34. The van der Waals surface area contributed by atoms with Gasteiger partial charge in [-0.05, 0) is 27.7 Å². The van der Waals surface area contributed by atoms with Crippen LogP contribution in [0, 0.1) is 0 Å². The Hall–Kier alpha value is 0.0249. The van der Waals surface area contributed by atoms with Crippen molar-refractivity contribution in [2.45, 2.75) is 27.7 Å². The second kappa shape index (κ2) is 5.78. The standard InChI is InChI=1S/C8H20N.B/c1-5-9(6-2,7-3)8-4;/h5-8H2,1-4H3;/q+1;. The van der Waals surface area contributed by atoms with Gasteiger partial charge in [0.1, 0.15) is 0 Å². The summed E-state index contributed by atoms with van der Waals surface area (Å²) in [5, 5.41) is 0. The molecule has 0 fully saturated rings. The molecular formula is C8H20BN+. The molecule has 0 amide bonds. The van der Waals surface area contributed by atoms with Crippen molar-refractivity contribution in [1.29, 1.82) is 0 Å². The van der Waals surface area contributed by atoms with E-state index in [0.717, 1.165) is 0 Å². The van der Waals surface area contributed by atoms with Crippen LogP contribution in [0.3, 0.4) is 0 Å². The summed E-state index contributed by atoms with van der Waals surface area (Å²) in [5.41, 5.74) is 0. The predicted molar refractivity (Wildman–Crippen MR) is 48.2 cm³/mol. The zero-order chi connectivity index (χ0) is 7.33. The molecule has 0 N–H and O–H groups in total. The number of hydrogen-bond donors (Lipinski definition) is 0. The van der Waals surface area contributed by atoms with Crippen molar-refractivity contribution >= 4 is 8.41 Å². The van der Waals surface area contributed by atoms with E-state index in [9.17, 15) is 0 Å². The fourth-order valence-corrected chi connectivity index (χ4v) is 1.34. The highest BCUT2D eigenvalue weighted by Crippen LogP contribution is 2.03. The molecule has 0 rings (SSSR count). The molecule has 0 bridgehead atoms. The van der Waals surface area contributed by atoms with Gasteiger partial charge in [0, 0.05) is 8.41 Å². The van der Waals surface area contributed by atoms with E-state index in [4.69, 9.17) is 0 Å². The van der Waals surface area contributed by atoms with Crippen LogP contribution in [0.15, 0.2) is 0 Å². The number of hydrogen-bond acceptors (Lipinski definition) is 0. The Morgan fingerprint density at radius 2 is 0.900 bits per heavy atom. The Kier molecular flexibility index (Phi) is 7.33. The second-order valence-electron chi connectivity index (χ2n) is 2.61. The van der Waals surface area contributed by atoms with Crippen LogP contribution in [0.4, 0.5) is 0 Å². The maximum Gasteiger partial charge on any atom is 0.0757 e. The van der Waals surface area contributed by atoms with Crippen LogP contribution >= 0.6 is 0 Å². The van der Waals surface area contributed by atoms with Crippen LogP contribution < -0.4 is 0 Å². The van der Waals surface area contributed by atoms with E-state index in [0.29, 0.717) is 0 Å². The number of quaternary nitrogens is 1. The quantitative estimate of drug-likeness (QED) is 0.411. The molecule has 1 nitrogen and oxygen atoms in total. The van der Waals surface area contributed by atoms with Crippen molar-refractivity contribution in [3.63, 3.8) is 0 Å². The molecule has 0 aromatic carbocycles. The molecule has 0 aliphatic heterocycles. The lowest BCUT2D eigenvalue weighted by Crippen LogP contribution is -2.47. The van der Waals surface area contributed by atoms with E-state index >= 15 is 0 Å². The van der Waals surface area contributed by atoms with Gasteiger partial charge in [0.2, 0.25) is 0 Å². The third-order valence-electron chi connectivity index (χ3n) is 2.68. The number of nitrogens with zero attached hydrogens (tertiary/aromatic N) is 1. The summed E-state index contributed by atoms with van der Waals surface area (Å²) in [5.74, 6) is 0. The van der Waals surface area contributed by atoms with Crippen LogP contribution in [0.1, 0.15) is 27.7 Å². The van der Waals surface area contributed by atoms with Crippen LogP contribution in [0.5, 0.6) is 0 Å². The molecule has 0 atom stereocenters. The minimum atomic E-state index is 0. The Labute approximate surface area is 67.6 Å². The van der Waals surface area contributed by atoms with E-state index in [1.54, 1.807) is 0 Å². The lowest BCUT2D eigenvalue weighted by molar-refractivity contribution is -0.921. The molecule has 0 aliphatic carbocycles. The fourth-order valence-electron chi connectivity index (χ4n) is 1.34. The topological polar surface area (TPSA) is 0 Å². The summed E-state index contributed by atoms with van der Waals surface area (Å²) in [6.07, 6.45) is 0. The van der Waals surface area contributed by atoms with Gasteiger partial charge in [-0.1, -0.05) is 0 Å². The Morgan fingerprint density at radius 1 is 0.700 bits per heavy atom. The van der Waals surface area contributed by atoms with Crippen molar-refractivity contribution in [1.82, 2.24) is 0 Å². The molecule has 2 heteroatoms. The maximum atomic E-state index is 2.27. The minimum absolute atomic E-state index is 0. The zero-order valence-corrected chi connectivity index (χ0v) is 7.85. The van der Waals surface area contributed by atoms with Crippen molar-refractivity contribution in [2.75, 3.05) is 26.2 Å². The summed E-state index contributed by atoms with van der Waals surface area (Å²) >= 11 is 0. The van der Waals surface area contributed by atoms with E-state index in [2.05, 4.69) is 27.7 Å². The summed E-state index contributed by atoms with van der Waals surface area (Å²) in [7, 11) is 0. The zero-order valence-electron chi connectivity index (χ0n) is 7.85. The average Bonchev–Trinajstić information content (AvgIpc) is 1.95. The Morgan fingerprint density at radius 3 is 0.900 bits per heavy atom. The maximum absolute atomic E-state index is 2.27.